The molecule has 0 aromatic heterocycles. The molecule has 0 amide bonds. The number of nitrogens with one attached hydrogen (secondary N) is 1. The number of hydrogen-bond acceptors (Lipinski definition) is 2. The Morgan fingerprint density at radius 2 is 1.85 bits per heavy atom. The zero-order valence-electron chi connectivity index (χ0n) is 11.5. The minimum absolute atomic E-state index is 0.0746. The fourth-order valence-electron chi connectivity index (χ4n) is 2.11. The third-order valence-electron chi connectivity index (χ3n) is 3.16. The number of hydrogen-bond donors (Lipinski definition) is 2. The molecule has 0 aliphatic rings. The molecular formula is C16H17Cl2NO. The molecule has 0 aliphatic heterocycles. The second-order valence-electron chi connectivity index (χ2n) is 4.99. The summed E-state index contributed by atoms with van der Waals surface area (Å²) in [5.41, 5.74) is 2.97. The van der Waals surface area contributed by atoms with Gasteiger partial charge in [0, 0.05) is 22.8 Å². The molecular weight excluding hydrogens is 293 g/mol. The first kappa shape index (κ1) is 15.0. The van der Waals surface area contributed by atoms with Crippen molar-refractivity contribution in [2.45, 2.75) is 26.3 Å². The molecule has 2 rings (SSSR count). The molecule has 0 saturated heterocycles. The molecule has 0 aliphatic carbocycles. The third kappa shape index (κ3) is 3.38. The monoisotopic (exact) mass is 309 g/mol. The van der Waals surface area contributed by atoms with Crippen molar-refractivity contribution in [3.63, 3.8) is 0 Å². The van der Waals surface area contributed by atoms with Crippen LogP contribution in [0.25, 0.3) is 0 Å². The summed E-state index contributed by atoms with van der Waals surface area (Å²) in [6, 6.07) is 11.4. The van der Waals surface area contributed by atoms with Crippen LogP contribution in [0.2, 0.25) is 10.0 Å². The smallest absolute Gasteiger partial charge is 0.139 e. The summed E-state index contributed by atoms with van der Waals surface area (Å²) in [6.07, 6.45) is 0. The predicted octanol–water partition coefficient (Wildman–Crippen LogP) is 5.43. The number of benzene rings is 2. The number of aromatic hydroxyl groups is 1. The number of para-hydroxylation sites is 1. The maximum absolute atomic E-state index is 9.95. The molecule has 0 heterocycles. The normalized spacial score (nSPS) is 10.8. The highest BCUT2D eigenvalue weighted by Gasteiger charge is 2.10. The van der Waals surface area contributed by atoms with Crippen LogP contribution in [-0.4, -0.2) is 5.11 Å². The van der Waals surface area contributed by atoms with Gasteiger partial charge in [-0.15, -0.1) is 0 Å². The summed E-state index contributed by atoms with van der Waals surface area (Å²) in [5, 5.41) is 14.1. The van der Waals surface area contributed by atoms with Gasteiger partial charge in [0.25, 0.3) is 0 Å². The lowest BCUT2D eigenvalue weighted by molar-refractivity contribution is 0.469. The quantitative estimate of drug-likeness (QED) is 0.788. The SMILES string of the molecule is CC(C)c1ccccc1NCc1cc(Cl)cc(Cl)c1O. The zero-order chi connectivity index (χ0) is 14.7. The number of rotatable bonds is 4. The van der Waals surface area contributed by atoms with Crippen LogP contribution in [0.1, 0.15) is 30.9 Å². The Morgan fingerprint density at radius 1 is 1.15 bits per heavy atom. The van der Waals surface area contributed by atoms with Crippen molar-refractivity contribution in [3.8, 4) is 5.75 Å². The van der Waals surface area contributed by atoms with Crippen LogP contribution in [0.5, 0.6) is 5.75 Å². The van der Waals surface area contributed by atoms with Crippen LogP contribution in [-0.2, 0) is 6.54 Å². The van der Waals surface area contributed by atoms with E-state index in [1.54, 1.807) is 6.07 Å². The van der Waals surface area contributed by atoms with Gasteiger partial charge in [-0.05, 0) is 29.7 Å². The minimum Gasteiger partial charge on any atom is -0.506 e. The topological polar surface area (TPSA) is 32.3 Å². The van der Waals surface area contributed by atoms with Crippen molar-refractivity contribution < 1.29 is 5.11 Å². The second kappa shape index (κ2) is 6.38. The fourth-order valence-corrected chi connectivity index (χ4v) is 2.64. The summed E-state index contributed by atoms with van der Waals surface area (Å²) in [5.74, 6) is 0.501. The average Bonchev–Trinajstić information content (AvgIpc) is 2.41. The molecule has 2 aromatic rings. The molecule has 20 heavy (non-hydrogen) atoms. The van der Waals surface area contributed by atoms with E-state index in [4.69, 9.17) is 23.2 Å². The number of halogens is 2. The molecule has 0 atom stereocenters. The lowest BCUT2D eigenvalue weighted by Crippen LogP contribution is -2.03. The summed E-state index contributed by atoms with van der Waals surface area (Å²) >= 11 is 11.9. The van der Waals surface area contributed by atoms with E-state index in [0.717, 1.165) is 5.69 Å². The number of phenols is 1. The maximum Gasteiger partial charge on any atom is 0.139 e. The van der Waals surface area contributed by atoms with E-state index in [2.05, 4.69) is 25.2 Å². The van der Waals surface area contributed by atoms with Crippen molar-refractivity contribution in [1.29, 1.82) is 0 Å². The lowest BCUT2D eigenvalue weighted by atomic mass is 10.0. The van der Waals surface area contributed by atoms with Gasteiger partial charge in [-0.2, -0.15) is 0 Å². The van der Waals surface area contributed by atoms with Crippen LogP contribution in [0.15, 0.2) is 36.4 Å². The Bertz CT molecular complexity index is 611. The average molecular weight is 310 g/mol. The number of anilines is 1. The van der Waals surface area contributed by atoms with Crippen LogP contribution >= 0.6 is 23.2 Å². The first-order valence-electron chi connectivity index (χ1n) is 6.48. The molecule has 4 heteroatoms. The summed E-state index contributed by atoms with van der Waals surface area (Å²) in [7, 11) is 0. The van der Waals surface area contributed by atoms with E-state index in [9.17, 15) is 5.11 Å². The van der Waals surface area contributed by atoms with Gasteiger partial charge in [0.15, 0.2) is 0 Å². The first-order chi connectivity index (χ1) is 9.49. The van der Waals surface area contributed by atoms with Gasteiger partial charge < -0.3 is 10.4 Å². The largest absolute Gasteiger partial charge is 0.506 e. The van der Waals surface area contributed by atoms with Crippen molar-refractivity contribution in [1.82, 2.24) is 0 Å². The van der Waals surface area contributed by atoms with Gasteiger partial charge in [-0.1, -0.05) is 55.2 Å². The van der Waals surface area contributed by atoms with E-state index in [1.807, 2.05) is 18.2 Å². The van der Waals surface area contributed by atoms with E-state index in [-0.39, 0.29) is 10.8 Å². The highest BCUT2D eigenvalue weighted by atomic mass is 35.5. The van der Waals surface area contributed by atoms with E-state index in [1.165, 1.54) is 11.6 Å². The van der Waals surface area contributed by atoms with Crippen molar-refractivity contribution in [2.24, 2.45) is 0 Å². The fraction of sp³-hybridized carbons (Fsp3) is 0.250. The Hall–Kier alpha value is -1.38. The molecule has 2 aromatic carbocycles. The second-order valence-corrected chi connectivity index (χ2v) is 5.83. The molecule has 2 N–H and O–H groups in total. The maximum atomic E-state index is 9.95. The van der Waals surface area contributed by atoms with Crippen LogP contribution in [0.4, 0.5) is 5.69 Å². The zero-order valence-corrected chi connectivity index (χ0v) is 13.0. The molecule has 0 spiro atoms. The van der Waals surface area contributed by atoms with Gasteiger partial charge in [-0.3, -0.25) is 0 Å². The van der Waals surface area contributed by atoms with Crippen molar-refractivity contribution in [3.05, 3.63) is 57.6 Å². The Morgan fingerprint density at radius 3 is 2.55 bits per heavy atom. The van der Waals surface area contributed by atoms with Gasteiger partial charge in [-0.25, -0.2) is 0 Å². The molecule has 106 valence electrons. The molecule has 0 saturated carbocycles. The predicted molar refractivity (Wildman–Crippen MR) is 86.0 cm³/mol. The summed E-state index contributed by atoms with van der Waals surface area (Å²) in [4.78, 5) is 0. The van der Waals surface area contributed by atoms with Crippen molar-refractivity contribution >= 4 is 28.9 Å². The van der Waals surface area contributed by atoms with Crippen molar-refractivity contribution in [2.75, 3.05) is 5.32 Å². The van der Waals surface area contributed by atoms with Crippen LogP contribution in [0, 0.1) is 0 Å². The van der Waals surface area contributed by atoms with E-state index < -0.39 is 0 Å². The highest BCUT2D eigenvalue weighted by molar-refractivity contribution is 6.35. The van der Waals surface area contributed by atoms with Crippen LogP contribution in [0.3, 0.4) is 0 Å². The molecule has 0 fully saturated rings. The third-order valence-corrected chi connectivity index (χ3v) is 3.67. The standard InChI is InChI=1S/C16H17Cl2NO/c1-10(2)13-5-3-4-6-15(13)19-9-11-7-12(17)8-14(18)16(11)20/h3-8,10,19-20H,9H2,1-2H3. The molecule has 0 radical (unpaired) electrons. The molecule has 0 unspecified atom stereocenters. The Balaban J connectivity index is 2.21. The lowest BCUT2D eigenvalue weighted by Gasteiger charge is -2.15. The van der Waals surface area contributed by atoms with Gasteiger partial charge >= 0.3 is 0 Å². The van der Waals surface area contributed by atoms with Gasteiger partial charge in [0.05, 0.1) is 5.02 Å². The van der Waals surface area contributed by atoms with Gasteiger partial charge in [0.1, 0.15) is 5.75 Å². The molecule has 0 bridgehead atoms. The Kier molecular flexibility index (Phi) is 4.79. The Labute approximate surface area is 129 Å². The summed E-state index contributed by atoms with van der Waals surface area (Å²) in [6.45, 7) is 4.76. The van der Waals surface area contributed by atoms with E-state index >= 15 is 0 Å². The minimum atomic E-state index is 0.0746. The highest BCUT2D eigenvalue weighted by Crippen LogP contribution is 2.32. The first-order valence-corrected chi connectivity index (χ1v) is 7.24. The van der Waals surface area contributed by atoms with Crippen LogP contribution < -0.4 is 5.32 Å². The molecule has 2 nitrogen and oxygen atoms in total. The summed E-state index contributed by atoms with van der Waals surface area (Å²) < 4.78 is 0. The van der Waals surface area contributed by atoms with Gasteiger partial charge in [0.2, 0.25) is 0 Å². The van der Waals surface area contributed by atoms with E-state index in [0.29, 0.717) is 23.0 Å². The number of phenolic OH excluding ortho intramolecular Hbond substituents is 1.